The normalized spacial score (nSPS) is 16.4. The van der Waals surface area contributed by atoms with Crippen molar-refractivity contribution in [2.24, 2.45) is 0 Å². The molecular formula is C24H27N7O3. The lowest BCUT2D eigenvalue weighted by Crippen LogP contribution is -2.20. The highest BCUT2D eigenvalue weighted by molar-refractivity contribution is 5.99. The quantitative estimate of drug-likeness (QED) is 0.404. The van der Waals surface area contributed by atoms with E-state index in [9.17, 15) is 9.90 Å². The number of fused-ring (bicyclic) bond motifs is 1. The number of hydrogen-bond acceptors (Lipinski definition) is 8. The van der Waals surface area contributed by atoms with Crippen LogP contribution >= 0.6 is 0 Å². The van der Waals surface area contributed by atoms with Crippen LogP contribution in [0.5, 0.6) is 0 Å². The van der Waals surface area contributed by atoms with Crippen LogP contribution in [0, 0.1) is 13.8 Å². The second-order valence-electron chi connectivity index (χ2n) is 8.50. The van der Waals surface area contributed by atoms with Gasteiger partial charge in [0.05, 0.1) is 31.5 Å². The molecule has 1 unspecified atom stereocenters. The van der Waals surface area contributed by atoms with Crippen molar-refractivity contribution >= 4 is 28.8 Å². The summed E-state index contributed by atoms with van der Waals surface area (Å²) in [5, 5.41) is 20.2. The third kappa shape index (κ3) is 4.18. The Morgan fingerprint density at radius 2 is 2.15 bits per heavy atom. The van der Waals surface area contributed by atoms with E-state index in [0.29, 0.717) is 37.0 Å². The van der Waals surface area contributed by atoms with Gasteiger partial charge in [-0.15, -0.1) is 0 Å². The Kier molecular flexibility index (Phi) is 5.86. The minimum atomic E-state index is -0.463. The first-order valence-corrected chi connectivity index (χ1v) is 11.2. The van der Waals surface area contributed by atoms with E-state index in [4.69, 9.17) is 9.82 Å². The van der Waals surface area contributed by atoms with Gasteiger partial charge in [0.1, 0.15) is 0 Å². The van der Waals surface area contributed by atoms with Crippen LogP contribution in [0.4, 0.5) is 11.6 Å². The molecule has 0 aliphatic carbocycles. The van der Waals surface area contributed by atoms with E-state index in [1.807, 2.05) is 51.4 Å². The van der Waals surface area contributed by atoms with Crippen LogP contribution in [-0.4, -0.2) is 60.0 Å². The molecule has 1 aliphatic rings. The molecule has 0 saturated carbocycles. The summed E-state index contributed by atoms with van der Waals surface area (Å²) in [5.41, 5.74) is 5.20. The number of aldehydes is 1. The Morgan fingerprint density at radius 3 is 2.88 bits per heavy atom. The van der Waals surface area contributed by atoms with Crippen molar-refractivity contribution in [2.45, 2.75) is 40.0 Å². The lowest BCUT2D eigenvalue weighted by molar-refractivity contribution is -0.118. The van der Waals surface area contributed by atoms with E-state index in [-0.39, 0.29) is 0 Å². The fraction of sp³-hybridized carbons (Fsp3) is 0.333. The fourth-order valence-corrected chi connectivity index (χ4v) is 4.20. The highest BCUT2D eigenvalue weighted by Crippen LogP contribution is 2.26. The summed E-state index contributed by atoms with van der Waals surface area (Å²) in [6.07, 6.45) is 5.97. The Morgan fingerprint density at radius 1 is 1.29 bits per heavy atom. The molecule has 1 aromatic carbocycles. The Hall–Kier alpha value is -3.60. The van der Waals surface area contributed by atoms with Crippen LogP contribution in [0.3, 0.4) is 0 Å². The third-order valence-corrected chi connectivity index (χ3v) is 6.01. The Balaban J connectivity index is 1.41. The van der Waals surface area contributed by atoms with Crippen molar-refractivity contribution in [1.82, 2.24) is 29.4 Å². The Bertz CT molecular complexity index is 1360. The van der Waals surface area contributed by atoms with Gasteiger partial charge in [-0.3, -0.25) is 9.63 Å². The molecule has 4 aromatic rings. The number of hydrogen-bond donors (Lipinski definition) is 2. The molecule has 0 amide bonds. The van der Waals surface area contributed by atoms with Gasteiger partial charge in [-0.2, -0.15) is 15.1 Å². The molecule has 1 saturated heterocycles. The number of aryl methyl sites for hydroxylation is 3. The Labute approximate surface area is 196 Å². The van der Waals surface area contributed by atoms with E-state index >= 15 is 0 Å². The topological polar surface area (TPSA) is 110 Å². The van der Waals surface area contributed by atoms with Gasteiger partial charge in [-0.25, -0.2) is 9.67 Å². The summed E-state index contributed by atoms with van der Waals surface area (Å²) < 4.78 is 3.79. The predicted molar refractivity (Wildman–Crippen MR) is 127 cm³/mol. The zero-order valence-corrected chi connectivity index (χ0v) is 19.4. The van der Waals surface area contributed by atoms with Crippen molar-refractivity contribution in [3.8, 4) is 5.82 Å². The molecule has 176 valence electrons. The monoisotopic (exact) mass is 461 g/mol. The van der Waals surface area contributed by atoms with E-state index in [1.54, 1.807) is 15.9 Å². The van der Waals surface area contributed by atoms with Gasteiger partial charge >= 0.3 is 0 Å². The third-order valence-electron chi connectivity index (χ3n) is 6.01. The number of nitrogens with one attached hydrogen (secondary N) is 1. The molecule has 34 heavy (non-hydrogen) atoms. The van der Waals surface area contributed by atoms with E-state index < -0.39 is 6.10 Å². The number of hydroxylamine groups is 2. The molecule has 3 aromatic heterocycles. The first kappa shape index (κ1) is 22.2. The molecule has 0 radical (unpaired) electrons. The summed E-state index contributed by atoms with van der Waals surface area (Å²) in [6, 6.07) is 5.88. The summed E-state index contributed by atoms with van der Waals surface area (Å²) >= 11 is 0. The van der Waals surface area contributed by atoms with Crippen LogP contribution in [0.2, 0.25) is 0 Å². The van der Waals surface area contributed by atoms with Crippen molar-refractivity contribution in [1.29, 1.82) is 0 Å². The maximum Gasteiger partial charge on any atom is 0.229 e. The van der Waals surface area contributed by atoms with Crippen molar-refractivity contribution in [2.75, 3.05) is 18.5 Å². The van der Waals surface area contributed by atoms with Crippen molar-refractivity contribution < 1.29 is 14.7 Å². The zero-order chi connectivity index (χ0) is 23.8. The highest BCUT2D eigenvalue weighted by atomic mass is 16.7. The average Bonchev–Trinajstić information content (AvgIpc) is 3.51. The van der Waals surface area contributed by atoms with E-state index in [2.05, 4.69) is 20.0 Å². The van der Waals surface area contributed by atoms with Crippen molar-refractivity contribution in [3.63, 3.8) is 0 Å². The number of rotatable bonds is 7. The second-order valence-corrected chi connectivity index (χ2v) is 8.50. The molecule has 1 aliphatic heterocycles. The maximum atomic E-state index is 11.5. The lowest BCUT2D eigenvalue weighted by Gasteiger charge is -2.12. The SMILES string of the molecule is CCn1cc(C=O)c2cc(Nc3ncc(C)c(-n4cc(CN5CC(O)CO5)c(C)n4)n3)ccc21. The first-order chi connectivity index (χ1) is 16.4. The summed E-state index contributed by atoms with van der Waals surface area (Å²) in [4.78, 5) is 26.1. The number of β-amino-alcohol motifs (C(OH)–C–C–N with tert-alkyl or cyclic N) is 1. The van der Waals surface area contributed by atoms with Crippen LogP contribution in [0.25, 0.3) is 16.7 Å². The lowest BCUT2D eigenvalue weighted by atomic mass is 10.1. The number of carbonyl (C=O) groups is 1. The zero-order valence-electron chi connectivity index (χ0n) is 19.4. The summed E-state index contributed by atoms with van der Waals surface area (Å²) in [5.74, 6) is 1.10. The average molecular weight is 462 g/mol. The number of nitrogens with zero attached hydrogens (tertiary/aromatic N) is 6. The number of benzene rings is 1. The smallest absolute Gasteiger partial charge is 0.229 e. The number of aliphatic hydroxyl groups excluding tert-OH is 1. The van der Waals surface area contributed by atoms with Crippen LogP contribution < -0.4 is 5.32 Å². The minimum Gasteiger partial charge on any atom is -0.389 e. The first-order valence-electron chi connectivity index (χ1n) is 11.2. The predicted octanol–water partition coefficient (Wildman–Crippen LogP) is 2.92. The molecule has 2 N–H and O–H groups in total. The van der Waals surface area contributed by atoms with E-state index in [0.717, 1.165) is 46.2 Å². The molecule has 5 rings (SSSR count). The maximum absolute atomic E-state index is 11.5. The molecule has 10 heteroatoms. The van der Waals surface area contributed by atoms with Crippen molar-refractivity contribution in [3.05, 3.63) is 59.2 Å². The van der Waals surface area contributed by atoms with Gasteiger partial charge in [-0.1, -0.05) is 0 Å². The summed E-state index contributed by atoms with van der Waals surface area (Å²) in [6.45, 7) is 8.04. The van der Waals surface area contributed by atoms with Gasteiger partial charge in [-0.05, 0) is 39.0 Å². The fourth-order valence-electron chi connectivity index (χ4n) is 4.20. The van der Waals surface area contributed by atoms with Gasteiger partial charge in [0, 0.05) is 58.4 Å². The van der Waals surface area contributed by atoms with Gasteiger partial charge < -0.3 is 15.0 Å². The molecule has 0 bridgehead atoms. The molecule has 1 fully saturated rings. The van der Waals surface area contributed by atoms with Crippen LogP contribution in [-0.2, 0) is 17.9 Å². The number of aromatic nitrogens is 5. The van der Waals surface area contributed by atoms with Crippen LogP contribution in [0.1, 0.15) is 34.1 Å². The molecule has 1 atom stereocenters. The minimum absolute atomic E-state index is 0.316. The number of carbonyl (C=O) groups excluding carboxylic acids is 1. The molecule has 10 nitrogen and oxygen atoms in total. The summed E-state index contributed by atoms with van der Waals surface area (Å²) in [7, 11) is 0. The highest BCUT2D eigenvalue weighted by Gasteiger charge is 2.23. The molecular weight excluding hydrogens is 434 g/mol. The molecule has 0 spiro atoms. The van der Waals surface area contributed by atoms with Gasteiger partial charge in [0.25, 0.3) is 0 Å². The number of aliphatic hydroxyl groups is 1. The molecule has 4 heterocycles. The van der Waals surface area contributed by atoms with Gasteiger partial charge in [0.2, 0.25) is 5.95 Å². The van der Waals surface area contributed by atoms with E-state index in [1.165, 1.54) is 0 Å². The van der Waals surface area contributed by atoms with Crippen LogP contribution in [0.15, 0.2) is 36.8 Å². The number of anilines is 2. The van der Waals surface area contributed by atoms with Gasteiger partial charge in [0.15, 0.2) is 12.1 Å². The standard InChI is InChI=1S/C24H27N7O3/c1-4-29-9-18(13-32)21-7-19(5-6-22(21)29)26-24-25-8-15(2)23(27-24)31-11-17(16(3)28-31)10-30-12-20(33)14-34-30/h5-9,11,13,20,33H,4,10,12,14H2,1-3H3,(H,25,26,27). The second kappa shape index (κ2) is 8.98. The largest absolute Gasteiger partial charge is 0.389 e.